The summed E-state index contributed by atoms with van der Waals surface area (Å²) in [6.45, 7) is 2.12. The first-order valence-corrected chi connectivity index (χ1v) is 11.1. The molecule has 1 heterocycles. The van der Waals surface area contributed by atoms with Gasteiger partial charge in [-0.05, 0) is 29.7 Å². The minimum Gasteiger partial charge on any atom is -0.274 e. The highest BCUT2D eigenvalue weighted by molar-refractivity contribution is 6.24. The molecule has 3 heteroatoms. The summed E-state index contributed by atoms with van der Waals surface area (Å²) in [5.74, 6) is -0.770. The van der Waals surface area contributed by atoms with Crippen LogP contribution in [0, 0.1) is 23.7 Å². The van der Waals surface area contributed by atoms with Gasteiger partial charge >= 0.3 is 0 Å². The first-order chi connectivity index (χ1) is 15.7. The molecule has 3 aromatic carbocycles. The summed E-state index contributed by atoms with van der Waals surface area (Å²) in [6.07, 6.45) is 4.29. The molecule has 2 bridgehead atoms. The Hall–Kier alpha value is -3.72. The maximum Gasteiger partial charge on any atom is 0.238 e. The molecule has 0 N–H and O–H groups in total. The number of anilines is 1. The maximum absolute atomic E-state index is 13.7. The molecule has 0 unspecified atom stereocenters. The third kappa shape index (κ3) is 2.61. The monoisotopic (exact) mass is 417 g/mol. The van der Waals surface area contributed by atoms with E-state index in [-0.39, 0.29) is 35.5 Å². The Labute approximate surface area is 187 Å². The summed E-state index contributed by atoms with van der Waals surface area (Å²) in [6, 6.07) is 27.9. The average molecular weight is 418 g/mol. The van der Waals surface area contributed by atoms with Crippen LogP contribution in [0.5, 0.6) is 0 Å². The number of carbonyl (C=O) groups excluding carboxylic acids is 2. The van der Waals surface area contributed by atoms with E-state index in [4.69, 9.17) is 0 Å². The molecule has 6 rings (SSSR count). The Morgan fingerprint density at radius 1 is 0.688 bits per heavy atom. The molecule has 2 aliphatic carbocycles. The number of carbonyl (C=O) groups is 2. The molecule has 1 saturated carbocycles. The molecule has 2 amide bonds. The van der Waals surface area contributed by atoms with E-state index in [1.807, 2.05) is 72.8 Å². The first-order valence-electron chi connectivity index (χ1n) is 11.1. The number of allylic oxidation sites excluding steroid dienone is 4. The zero-order valence-electron chi connectivity index (χ0n) is 17.8. The van der Waals surface area contributed by atoms with Gasteiger partial charge < -0.3 is 0 Å². The van der Waals surface area contributed by atoms with E-state index < -0.39 is 0 Å². The van der Waals surface area contributed by atoms with Crippen LogP contribution in [0.25, 0.3) is 16.7 Å². The van der Waals surface area contributed by atoms with Crippen molar-refractivity contribution in [2.45, 2.75) is 6.92 Å². The third-order valence-electron chi connectivity index (χ3n) is 7.29. The lowest BCUT2D eigenvalue weighted by Gasteiger charge is -2.22. The number of hydrogen-bond acceptors (Lipinski definition) is 2. The molecule has 3 aliphatic rings. The predicted molar refractivity (Wildman–Crippen MR) is 127 cm³/mol. The van der Waals surface area contributed by atoms with E-state index in [1.54, 1.807) is 0 Å². The minimum atomic E-state index is -0.310. The molecule has 3 aromatic rings. The second kappa shape index (κ2) is 7.16. The van der Waals surface area contributed by atoms with Crippen molar-refractivity contribution in [3.05, 3.63) is 108 Å². The maximum atomic E-state index is 13.7. The number of amides is 2. The van der Waals surface area contributed by atoms with Crippen molar-refractivity contribution in [2.24, 2.45) is 23.7 Å². The van der Waals surface area contributed by atoms with E-state index >= 15 is 0 Å². The molecule has 0 spiro atoms. The number of hydrogen-bond donors (Lipinski definition) is 0. The van der Waals surface area contributed by atoms with Crippen molar-refractivity contribution in [3.8, 4) is 11.1 Å². The van der Waals surface area contributed by atoms with Gasteiger partial charge in [0.1, 0.15) is 0 Å². The second-order valence-corrected chi connectivity index (χ2v) is 8.83. The molecule has 4 atom stereocenters. The van der Waals surface area contributed by atoms with Gasteiger partial charge in [-0.25, -0.2) is 4.90 Å². The lowest BCUT2D eigenvalue weighted by molar-refractivity contribution is -0.122. The van der Waals surface area contributed by atoms with Gasteiger partial charge in [-0.1, -0.05) is 96.6 Å². The largest absolute Gasteiger partial charge is 0.274 e. The van der Waals surface area contributed by atoms with Crippen molar-refractivity contribution >= 4 is 23.1 Å². The normalized spacial score (nSPS) is 25.5. The Kier molecular flexibility index (Phi) is 4.25. The number of rotatable bonds is 3. The highest BCUT2D eigenvalue weighted by Crippen LogP contribution is 2.58. The van der Waals surface area contributed by atoms with E-state index in [2.05, 4.69) is 31.2 Å². The fourth-order valence-corrected chi connectivity index (χ4v) is 5.89. The van der Waals surface area contributed by atoms with Gasteiger partial charge in [-0.15, -0.1) is 0 Å². The average Bonchev–Trinajstić information content (AvgIpc) is 3.49. The van der Waals surface area contributed by atoms with Gasteiger partial charge in [-0.2, -0.15) is 0 Å². The van der Waals surface area contributed by atoms with Crippen LogP contribution >= 0.6 is 0 Å². The summed E-state index contributed by atoms with van der Waals surface area (Å²) >= 11 is 0. The van der Waals surface area contributed by atoms with Crippen molar-refractivity contribution in [3.63, 3.8) is 0 Å². The number of nitrogens with zero attached hydrogens (tertiary/aromatic N) is 1. The van der Waals surface area contributed by atoms with Crippen LogP contribution < -0.4 is 4.90 Å². The number of benzene rings is 3. The van der Waals surface area contributed by atoms with Crippen molar-refractivity contribution < 1.29 is 9.59 Å². The summed E-state index contributed by atoms with van der Waals surface area (Å²) < 4.78 is 0. The fraction of sp³-hybridized carbons (Fsp3) is 0.172. The molecule has 0 radical (unpaired) electrons. The van der Waals surface area contributed by atoms with Crippen molar-refractivity contribution in [1.29, 1.82) is 0 Å². The molecule has 1 aliphatic heterocycles. The third-order valence-corrected chi connectivity index (χ3v) is 7.29. The summed E-state index contributed by atoms with van der Waals surface area (Å²) in [5.41, 5.74) is 6.19. The van der Waals surface area contributed by atoms with Gasteiger partial charge in [0.05, 0.1) is 17.5 Å². The molecule has 32 heavy (non-hydrogen) atoms. The van der Waals surface area contributed by atoms with Gasteiger partial charge in [0.25, 0.3) is 0 Å². The van der Waals surface area contributed by atoms with E-state index in [1.165, 1.54) is 16.0 Å². The van der Waals surface area contributed by atoms with Crippen molar-refractivity contribution in [2.75, 3.05) is 4.90 Å². The molecular weight excluding hydrogens is 394 g/mol. The zero-order valence-corrected chi connectivity index (χ0v) is 17.8. The van der Waals surface area contributed by atoms with Crippen LogP contribution in [0.2, 0.25) is 0 Å². The zero-order chi connectivity index (χ0) is 21.8. The Bertz CT molecular complexity index is 1260. The minimum absolute atomic E-state index is 0.00413. The Balaban J connectivity index is 1.42. The van der Waals surface area contributed by atoms with Crippen LogP contribution in [-0.4, -0.2) is 11.8 Å². The summed E-state index contributed by atoms with van der Waals surface area (Å²) in [7, 11) is 0. The molecular formula is C29H23NO2. The predicted octanol–water partition coefficient (Wildman–Crippen LogP) is 5.75. The van der Waals surface area contributed by atoms with Gasteiger partial charge in [0.2, 0.25) is 11.8 Å². The Morgan fingerprint density at radius 2 is 1.22 bits per heavy atom. The van der Waals surface area contributed by atoms with Crippen LogP contribution in [0.4, 0.5) is 5.69 Å². The van der Waals surface area contributed by atoms with Crippen molar-refractivity contribution in [1.82, 2.24) is 0 Å². The van der Waals surface area contributed by atoms with E-state index in [0.29, 0.717) is 5.69 Å². The Morgan fingerprint density at radius 3 is 1.84 bits per heavy atom. The fourth-order valence-electron chi connectivity index (χ4n) is 5.89. The highest BCUT2D eigenvalue weighted by atomic mass is 16.2. The lowest BCUT2D eigenvalue weighted by Crippen LogP contribution is -2.33. The molecule has 2 fully saturated rings. The number of para-hydroxylation sites is 1. The number of fused-ring (bicyclic) bond motifs is 5. The second-order valence-electron chi connectivity index (χ2n) is 8.83. The van der Waals surface area contributed by atoms with Gasteiger partial charge in [0.15, 0.2) is 0 Å². The van der Waals surface area contributed by atoms with Crippen LogP contribution in [-0.2, 0) is 9.59 Å². The molecule has 1 saturated heterocycles. The molecule has 0 aromatic heterocycles. The highest BCUT2D eigenvalue weighted by Gasteiger charge is 2.62. The smallest absolute Gasteiger partial charge is 0.238 e. The summed E-state index contributed by atoms with van der Waals surface area (Å²) in [5, 5.41) is 0. The SMILES string of the molecule is CC(=C1[C@H]2C=C[C@H]1[C@@H]1C(=O)N(c3ccccc3-c3ccccc3)C(=O)[C@H]12)c1ccccc1. The van der Waals surface area contributed by atoms with E-state index in [9.17, 15) is 9.59 Å². The quantitative estimate of drug-likeness (QED) is 0.402. The standard InChI is InChI=1S/C29H23NO2/c1-18(19-10-4-2-5-11-19)25-22-16-17-23(25)27-26(22)28(31)30(29(27)32)24-15-9-8-14-21(24)20-12-6-3-7-13-20/h2-17,22-23,26-27H,1H3/t22-,23-,26+,27+/m1/s1. The topological polar surface area (TPSA) is 37.4 Å². The van der Waals surface area contributed by atoms with Crippen LogP contribution in [0.3, 0.4) is 0 Å². The van der Waals surface area contributed by atoms with Crippen LogP contribution in [0.1, 0.15) is 12.5 Å². The van der Waals surface area contributed by atoms with Gasteiger partial charge in [-0.3, -0.25) is 9.59 Å². The molecule has 156 valence electrons. The number of imide groups is 1. The first kappa shape index (κ1) is 19.0. The van der Waals surface area contributed by atoms with Crippen LogP contribution in [0.15, 0.2) is 103 Å². The van der Waals surface area contributed by atoms with Gasteiger partial charge in [0, 0.05) is 17.4 Å². The van der Waals surface area contributed by atoms with E-state index in [0.717, 1.165) is 16.7 Å². The lowest BCUT2D eigenvalue weighted by atomic mass is 9.85. The summed E-state index contributed by atoms with van der Waals surface area (Å²) in [4.78, 5) is 28.9. The molecule has 3 nitrogen and oxygen atoms in total.